The summed E-state index contributed by atoms with van der Waals surface area (Å²) in [6.07, 6.45) is 1.36. The van der Waals surface area contributed by atoms with Crippen molar-refractivity contribution in [3.05, 3.63) is 59.9 Å². The molecule has 0 N–H and O–H groups in total. The Kier molecular flexibility index (Phi) is 4.01. The Morgan fingerprint density at radius 1 is 0.917 bits per heavy atom. The molecule has 1 saturated heterocycles. The average molecular weight is 331 g/mol. The smallest absolute Gasteiger partial charge is 0.399 e. The SMILES string of the molecule is CC1(C)OB(c2ccc(C(F)(F)c3ccccn3)cc2)OC1(C)C. The predicted octanol–water partition coefficient (Wildman–Crippen LogP) is 3.52. The second-order valence-electron chi connectivity index (χ2n) is 7.00. The molecule has 3 rings (SSSR count). The van der Waals surface area contributed by atoms with Crippen LogP contribution in [0.5, 0.6) is 0 Å². The first-order chi connectivity index (χ1) is 11.1. The summed E-state index contributed by atoms with van der Waals surface area (Å²) in [7, 11) is -0.562. The van der Waals surface area contributed by atoms with Gasteiger partial charge in [0.1, 0.15) is 5.69 Å². The number of alkyl halides is 2. The number of hydrogen-bond acceptors (Lipinski definition) is 3. The summed E-state index contributed by atoms with van der Waals surface area (Å²) in [5, 5.41) is 0. The molecule has 2 heterocycles. The average Bonchev–Trinajstić information content (AvgIpc) is 2.76. The summed E-state index contributed by atoms with van der Waals surface area (Å²) in [5.41, 5.74) is -0.591. The van der Waals surface area contributed by atoms with Gasteiger partial charge in [0.2, 0.25) is 0 Å². The molecule has 0 spiro atoms. The third-order valence-electron chi connectivity index (χ3n) is 4.79. The third-order valence-corrected chi connectivity index (χ3v) is 4.79. The summed E-state index contributed by atoms with van der Waals surface area (Å²) in [6.45, 7) is 7.82. The number of hydrogen-bond donors (Lipinski definition) is 0. The van der Waals surface area contributed by atoms with Crippen molar-refractivity contribution in [1.29, 1.82) is 0 Å². The number of aromatic nitrogens is 1. The molecule has 24 heavy (non-hydrogen) atoms. The van der Waals surface area contributed by atoms with Gasteiger partial charge in [-0.3, -0.25) is 4.98 Å². The van der Waals surface area contributed by atoms with E-state index in [0.29, 0.717) is 5.46 Å². The van der Waals surface area contributed by atoms with E-state index in [0.717, 1.165) is 0 Å². The van der Waals surface area contributed by atoms with Crippen LogP contribution >= 0.6 is 0 Å². The maximum absolute atomic E-state index is 14.5. The van der Waals surface area contributed by atoms with Gasteiger partial charge in [0, 0.05) is 11.8 Å². The highest BCUT2D eigenvalue weighted by Gasteiger charge is 2.51. The molecule has 1 aliphatic rings. The fourth-order valence-corrected chi connectivity index (χ4v) is 2.53. The van der Waals surface area contributed by atoms with E-state index in [1.54, 1.807) is 24.3 Å². The maximum Gasteiger partial charge on any atom is 0.494 e. The summed E-state index contributed by atoms with van der Waals surface area (Å²) < 4.78 is 40.9. The second-order valence-corrected chi connectivity index (χ2v) is 7.00. The van der Waals surface area contributed by atoms with Crippen molar-refractivity contribution in [2.75, 3.05) is 0 Å². The van der Waals surface area contributed by atoms with Crippen LogP contribution in [0.3, 0.4) is 0 Å². The molecular weight excluding hydrogens is 311 g/mol. The minimum Gasteiger partial charge on any atom is -0.399 e. The van der Waals surface area contributed by atoms with E-state index in [-0.39, 0.29) is 11.3 Å². The predicted molar refractivity (Wildman–Crippen MR) is 89.4 cm³/mol. The Bertz CT molecular complexity index is 702. The Hall–Kier alpha value is -1.79. The van der Waals surface area contributed by atoms with E-state index < -0.39 is 24.2 Å². The molecule has 1 aliphatic heterocycles. The standard InChI is InChI=1S/C18H20BF2NO2/c1-16(2)17(3,4)24-19(23-16)14-10-8-13(9-11-14)18(20,21)15-7-5-6-12-22-15/h5-12H,1-4H3. The van der Waals surface area contributed by atoms with Gasteiger partial charge >= 0.3 is 13.0 Å². The lowest BCUT2D eigenvalue weighted by atomic mass is 9.78. The summed E-state index contributed by atoms with van der Waals surface area (Å²) in [6, 6.07) is 10.5. The first-order valence-corrected chi connectivity index (χ1v) is 7.89. The van der Waals surface area contributed by atoms with Crippen LogP contribution in [0.25, 0.3) is 0 Å². The Balaban J connectivity index is 1.85. The second kappa shape index (κ2) is 5.64. The molecule has 1 aromatic heterocycles. The monoisotopic (exact) mass is 331 g/mol. The summed E-state index contributed by atoms with van der Waals surface area (Å²) >= 11 is 0. The molecule has 1 aromatic carbocycles. The molecule has 0 amide bonds. The van der Waals surface area contributed by atoms with Gasteiger partial charge < -0.3 is 9.31 Å². The minimum atomic E-state index is -3.14. The maximum atomic E-state index is 14.5. The van der Waals surface area contributed by atoms with Crippen molar-refractivity contribution in [3.8, 4) is 0 Å². The summed E-state index contributed by atoms with van der Waals surface area (Å²) in [5.74, 6) is -3.14. The van der Waals surface area contributed by atoms with Gasteiger partial charge in [-0.15, -0.1) is 0 Å². The number of benzene rings is 1. The van der Waals surface area contributed by atoms with Crippen molar-refractivity contribution in [1.82, 2.24) is 4.98 Å². The van der Waals surface area contributed by atoms with Crippen molar-refractivity contribution < 1.29 is 18.1 Å². The molecule has 0 saturated carbocycles. The summed E-state index contributed by atoms with van der Waals surface area (Å²) in [4.78, 5) is 3.77. The molecule has 0 atom stereocenters. The van der Waals surface area contributed by atoms with Crippen molar-refractivity contribution in [3.63, 3.8) is 0 Å². The lowest BCUT2D eigenvalue weighted by Gasteiger charge is -2.32. The minimum absolute atomic E-state index is 0.110. The largest absolute Gasteiger partial charge is 0.494 e. The molecule has 0 unspecified atom stereocenters. The van der Waals surface area contributed by atoms with Crippen LogP contribution in [0.1, 0.15) is 39.0 Å². The molecular formula is C18H20BF2NO2. The zero-order valence-corrected chi connectivity index (χ0v) is 14.2. The Morgan fingerprint density at radius 2 is 1.50 bits per heavy atom. The van der Waals surface area contributed by atoms with Gasteiger partial charge in [0.15, 0.2) is 0 Å². The molecule has 2 aromatic rings. The van der Waals surface area contributed by atoms with Crippen LogP contribution < -0.4 is 5.46 Å². The van der Waals surface area contributed by atoms with Crippen molar-refractivity contribution >= 4 is 12.6 Å². The highest BCUT2D eigenvalue weighted by Crippen LogP contribution is 2.37. The number of rotatable bonds is 3. The van der Waals surface area contributed by atoms with Crippen LogP contribution in [-0.4, -0.2) is 23.3 Å². The van der Waals surface area contributed by atoms with Crippen LogP contribution in [0.15, 0.2) is 48.7 Å². The molecule has 1 fully saturated rings. The zero-order chi connectivity index (χ0) is 17.6. The van der Waals surface area contributed by atoms with Gasteiger partial charge in [-0.25, -0.2) is 0 Å². The number of halogens is 2. The highest BCUT2D eigenvalue weighted by atomic mass is 19.3. The van der Waals surface area contributed by atoms with Crippen LogP contribution in [0, 0.1) is 0 Å². The topological polar surface area (TPSA) is 31.4 Å². The quantitative estimate of drug-likeness (QED) is 0.807. The van der Waals surface area contributed by atoms with E-state index >= 15 is 0 Å². The molecule has 0 aliphatic carbocycles. The first kappa shape index (κ1) is 17.1. The molecule has 0 radical (unpaired) electrons. The molecule has 3 nitrogen and oxygen atoms in total. The lowest BCUT2D eigenvalue weighted by Crippen LogP contribution is -2.41. The van der Waals surface area contributed by atoms with Crippen LogP contribution in [0.2, 0.25) is 0 Å². The van der Waals surface area contributed by atoms with Gasteiger partial charge in [-0.1, -0.05) is 30.3 Å². The van der Waals surface area contributed by atoms with Gasteiger partial charge in [-0.05, 0) is 45.3 Å². The normalized spacial score (nSPS) is 19.5. The van der Waals surface area contributed by atoms with E-state index in [2.05, 4.69) is 4.98 Å². The van der Waals surface area contributed by atoms with E-state index in [1.165, 1.54) is 24.4 Å². The fraction of sp³-hybridized carbons (Fsp3) is 0.389. The van der Waals surface area contributed by atoms with E-state index in [9.17, 15) is 8.78 Å². The molecule has 0 bridgehead atoms. The van der Waals surface area contributed by atoms with Gasteiger partial charge in [0.05, 0.1) is 11.2 Å². The van der Waals surface area contributed by atoms with Crippen molar-refractivity contribution in [2.24, 2.45) is 0 Å². The third kappa shape index (κ3) is 2.85. The number of pyridine rings is 1. The van der Waals surface area contributed by atoms with Crippen LogP contribution in [0.4, 0.5) is 8.78 Å². The first-order valence-electron chi connectivity index (χ1n) is 7.89. The van der Waals surface area contributed by atoms with Gasteiger partial charge in [-0.2, -0.15) is 8.78 Å². The van der Waals surface area contributed by atoms with E-state index in [4.69, 9.17) is 9.31 Å². The zero-order valence-electron chi connectivity index (χ0n) is 14.2. The Morgan fingerprint density at radius 3 is 2.00 bits per heavy atom. The van der Waals surface area contributed by atoms with Crippen molar-refractivity contribution in [2.45, 2.75) is 44.8 Å². The Labute approximate surface area is 141 Å². The van der Waals surface area contributed by atoms with E-state index in [1.807, 2.05) is 27.7 Å². The van der Waals surface area contributed by atoms with Gasteiger partial charge in [0.25, 0.3) is 0 Å². The van der Waals surface area contributed by atoms with Crippen LogP contribution in [-0.2, 0) is 15.2 Å². The lowest BCUT2D eigenvalue weighted by molar-refractivity contribution is 0.00578. The fourth-order valence-electron chi connectivity index (χ4n) is 2.53. The molecule has 6 heteroatoms. The highest BCUT2D eigenvalue weighted by molar-refractivity contribution is 6.62. The number of nitrogens with zero attached hydrogens (tertiary/aromatic N) is 1. The molecule has 126 valence electrons.